The van der Waals surface area contributed by atoms with Crippen LogP contribution in [0.15, 0.2) is 46.0 Å². The highest BCUT2D eigenvalue weighted by Crippen LogP contribution is 2.30. The van der Waals surface area contributed by atoms with Gasteiger partial charge in [-0.25, -0.2) is 17.7 Å². The first-order valence-corrected chi connectivity index (χ1v) is 11.1. The lowest BCUT2D eigenvalue weighted by molar-refractivity contribution is 0.593. The molecule has 140 valence electrons. The normalized spacial score (nSPS) is 12.1. The lowest BCUT2D eigenvalue weighted by Crippen LogP contribution is -2.31. The average Bonchev–Trinajstić information content (AvgIpc) is 3.33. The Morgan fingerprint density at radius 2 is 1.93 bits per heavy atom. The number of rotatable bonds is 6. The molecule has 4 rings (SSSR count). The highest BCUT2D eigenvalue weighted by atomic mass is 32.2. The molecule has 0 aliphatic rings. The minimum atomic E-state index is -3.72. The van der Waals surface area contributed by atoms with E-state index in [1.54, 1.807) is 24.4 Å². The van der Waals surface area contributed by atoms with Gasteiger partial charge >= 0.3 is 0 Å². The minimum Gasteiger partial charge on any atom is -0.274 e. The Bertz CT molecular complexity index is 1200. The van der Waals surface area contributed by atoms with Gasteiger partial charge in [-0.15, -0.1) is 21.5 Å². The number of anilines is 1. The summed E-state index contributed by atoms with van der Waals surface area (Å²) in [6.07, 6.45) is 1.66. The molecule has 0 unspecified atom stereocenters. The number of aryl methyl sites for hydroxylation is 1. The highest BCUT2D eigenvalue weighted by Gasteiger charge is 2.29. The average molecular weight is 402 g/mol. The zero-order valence-electron chi connectivity index (χ0n) is 15.0. The van der Waals surface area contributed by atoms with Crippen molar-refractivity contribution in [3.8, 4) is 0 Å². The summed E-state index contributed by atoms with van der Waals surface area (Å²) in [5.74, 6) is 1.11. The maximum absolute atomic E-state index is 13.2. The van der Waals surface area contributed by atoms with Gasteiger partial charge < -0.3 is 0 Å². The molecule has 3 heterocycles. The van der Waals surface area contributed by atoms with Crippen molar-refractivity contribution >= 4 is 43.9 Å². The first-order chi connectivity index (χ1) is 13.1. The molecule has 0 radical (unpaired) electrons. The van der Waals surface area contributed by atoms with Crippen molar-refractivity contribution in [3.05, 3.63) is 47.6 Å². The van der Waals surface area contributed by atoms with Crippen LogP contribution in [-0.4, -0.2) is 34.5 Å². The molecule has 27 heavy (non-hydrogen) atoms. The molecular formula is C18H19N5O2S2. The number of hydrogen-bond donors (Lipinski definition) is 0. The molecule has 0 atom stereocenters. The number of fused-ring (bicyclic) bond motifs is 3. The van der Waals surface area contributed by atoms with Crippen molar-refractivity contribution in [1.82, 2.24) is 19.6 Å². The summed E-state index contributed by atoms with van der Waals surface area (Å²) in [6.45, 7) is 4.12. The molecule has 9 heteroatoms. The molecule has 7 nitrogen and oxygen atoms in total. The highest BCUT2D eigenvalue weighted by molar-refractivity contribution is 7.94. The number of aromatic nitrogens is 4. The van der Waals surface area contributed by atoms with Crippen molar-refractivity contribution < 1.29 is 8.42 Å². The van der Waals surface area contributed by atoms with Crippen LogP contribution >= 0.6 is 11.3 Å². The van der Waals surface area contributed by atoms with Gasteiger partial charge in [-0.2, -0.15) is 0 Å². The number of hydrogen-bond acceptors (Lipinski definition) is 6. The Morgan fingerprint density at radius 1 is 1.11 bits per heavy atom. The zero-order valence-corrected chi connectivity index (χ0v) is 16.7. The van der Waals surface area contributed by atoms with E-state index >= 15 is 0 Å². The predicted molar refractivity (Wildman–Crippen MR) is 107 cm³/mol. The Balaban J connectivity index is 2.03. The number of thiophene rings is 1. The van der Waals surface area contributed by atoms with Gasteiger partial charge in [0.2, 0.25) is 5.65 Å². The van der Waals surface area contributed by atoms with Gasteiger partial charge in [0.15, 0.2) is 5.82 Å². The lowest BCUT2D eigenvalue weighted by Gasteiger charge is -2.21. The maximum atomic E-state index is 13.2. The van der Waals surface area contributed by atoms with Crippen LogP contribution in [0.25, 0.3) is 16.7 Å². The topological polar surface area (TPSA) is 80.5 Å². The molecule has 0 saturated carbocycles. The summed E-state index contributed by atoms with van der Waals surface area (Å²) < 4.78 is 29.9. The molecular weight excluding hydrogens is 382 g/mol. The van der Waals surface area contributed by atoms with Crippen LogP contribution in [0.2, 0.25) is 0 Å². The van der Waals surface area contributed by atoms with Gasteiger partial charge in [-0.05, 0) is 36.9 Å². The van der Waals surface area contributed by atoms with E-state index in [9.17, 15) is 8.42 Å². The zero-order chi connectivity index (χ0) is 19.0. The van der Waals surface area contributed by atoms with Crippen molar-refractivity contribution in [2.75, 3.05) is 10.8 Å². The van der Waals surface area contributed by atoms with E-state index in [1.165, 1.54) is 15.6 Å². The Labute approximate surface area is 161 Å². The van der Waals surface area contributed by atoms with E-state index in [0.717, 1.165) is 24.2 Å². The molecule has 0 amide bonds. The largest absolute Gasteiger partial charge is 0.275 e. The molecule has 0 aliphatic heterocycles. The van der Waals surface area contributed by atoms with E-state index in [4.69, 9.17) is 0 Å². The molecule has 1 aromatic carbocycles. The van der Waals surface area contributed by atoms with E-state index < -0.39 is 10.0 Å². The summed E-state index contributed by atoms with van der Waals surface area (Å²) in [5.41, 5.74) is 2.03. The van der Waals surface area contributed by atoms with E-state index in [1.807, 2.05) is 28.7 Å². The summed E-state index contributed by atoms with van der Waals surface area (Å²) in [5, 5.41) is 10.4. The lowest BCUT2D eigenvalue weighted by atomic mass is 10.2. The first kappa shape index (κ1) is 17.9. The van der Waals surface area contributed by atoms with Crippen LogP contribution < -0.4 is 4.31 Å². The molecule has 0 saturated heterocycles. The number of benzene rings is 1. The molecule has 0 spiro atoms. The quantitative estimate of drug-likeness (QED) is 0.494. The van der Waals surface area contributed by atoms with Crippen molar-refractivity contribution in [1.29, 1.82) is 0 Å². The van der Waals surface area contributed by atoms with Crippen LogP contribution in [0.5, 0.6) is 0 Å². The van der Waals surface area contributed by atoms with Gasteiger partial charge in [0, 0.05) is 13.0 Å². The third-order valence-corrected chi connectivity index (χ3v) is 7.55. The Morgan fingerprint density at radius 3 is 2.63 bits per heavy atom. The molecule has 0 fully saturated rings. The fourth-order valence-electron chi connectivity index (χ4n) is 3.13. The second-order valence-electron chi connectivity index (χ2n) is 6.05. The van der Waals surface area contributed by atoms with Gasteiger partial charge in [0.05, 0.1) is 11.0 Å². The fraction of sp³-hybridized carbons (Fsp3) is 0.278. The van der Waals surface area contributed by atoms with E-state index in [-0.39, 0.29) is 10.8 Å². The molecule has 0 bridgehead atoms. The molecule has 0 N–H and O–H groups in total. The monoisotopic (exact) mass is 401 g/mol. The van der Waals surface area contributed by atoms with Crippen LogP contribution in [0, 0.1) is 0 Å². The Hall–Kier alpha value is -2.52. The van der Waals surface area contributed by atoms with Gasteiger partial charge in [0.1, 0.15) is 10.0 Å². The summed E-state index contributed by atoms with van der Waals surface area (Å²) in [7, 11) is -3.72. The Kier molecular flexibility index (Phi) is 4.56. The van der Waals surface area contributed by atoms with E-state index in [0.29, 0.717) is 17.0 Å². The van der Waals surface area contributed by atoms with Gasteiger partial charge in [-0.3, -0.25) is 4.40 Å². The maximum Gasteiger partial charge on any atom is 0.275 e. The van der Waals surface area contributed by atoms with Crippen LogP contribution in [0.3, 0.4) is 0 Å². The molecule has 4 aromatic rings. The number of nitrogens with zero attached hydrogens (tertiary/aromatic N) is 5. The van der Waals surface area contributed by atoms with Crippen molar-refractivity contribution in [3.63, 3.8) is 0 Å². The number of para-hydroxylation sites is 2. The number of sulfonamides is 1. The van der Waals surface area contributed by atoms with Crippen LogP contribution in [-0.2, 0) is 16.4 Å². The van der Waals surface area contributed by atoms with Gasteiger partial charge in [-0.1, -0.05) is 25.1 Å². The minimum absolute atomic E-state index is 0.247. The van der Waals surface area contributed by atoms with Crippen LogP contribution in [0.4, 0.5) is 5.82 Å². The first-order valence-electron chi connectivity index (χ1n) is 8.77. The fourth-order valence-corrected chi connectivity index (χ4v) is 5.66. The van der Waals surface area contributed by atoms with Gasteiger partial charge in [0.25, 0.3) is 10.0 Å². The predicted octanol–water partition coefficient (Wildman–Crippen LogP) is 3.51. The second kappa shape index (κ2) is 6.90. The summed E-state index contributed by atoms with van der Waals surface area (Å²) >= 11 is 1.19. The summed E-state index contributed by atoms with van der Waals surface area (Å²) in [4.78, 5) is 4.65. The summed E-state index contributed by atoms with van der Waals surface area (Å²) in [6, 6.07) is 11.0. The SMILES string of the molecule is CCCc1nnc2c(N(CC)S(=O)(=O)c3cccs3)nc3ccccc3n12. The molecule has 3 aromatic heterocycles. The standard InChI is InChI=1S/C18H19N5O2S2/c1-3-8-15-20-21-18-17(19-13-9-5-6-10-14(13)23(15)18)22(4-2)27(24,25)16-11-7-12-26-16/h5-7,9-12H,3-4,8H2,1-2H3. The third-order valence-electron chi connectivity index (χ3n) is 4.32. The van der Waals surface area contributed by atoms with Crippen molar-refractivity contribution in [2.45, 2.75) is 30.9 Å². The third kappa shape index (κ3) is 2.87. The van der Waals surface area contributed by atoms with Crippen molar-refractivity contribution in [2.24, 2.45) is 0 Å². The molecule has 0 aliphatic carbocycles. The van der Waals surface area contributed by atoms with Crippen LogP contribution in [0.1, 0.15) is 26.1 Å². The van der Waals surface area contributed by atoms with E-state index in [2.05, 4.69) is 22.1 Å². The smallest absolute Gasteiger partial charge is 0.274 e. The second-order valence-corrected chi connectivity index (χ2v) is 9.09.